The van der Waals surface area contributed by atoms with Crippen molar-refractivity contribution in [3.05, 3.63) is 58.6 Å². The molecule has 2 N–H and O–H groups in total. The zero-order valence-corrected chi connectivity index (χ0v) is 21.4. The Kier molecular flexibility index (Phi) is 10.1. The van der Waals surface area contributed by atoms with E-state index < -0.39 is 0 Å². The summed E-state index contributed by atoms with van der Waals surface area (Å²) >= 11 is 6.53. The Morgan fingerprint density at radius 2 is 1.82 bits per heavy atom. The van der Waals surface area contributed by atoms with Crippen LogP contribution in [0.15, 0.2) is 36.9 Å². The lowest BCUT2D eigenvalue weighted by Crippen LogP contribution is -2.24. The van der Waals surface area contributed by atoms with Crippen molar-refractivity contribution in [3.8, 4) is 5.75 Å². The molecule has 0 radical (unpaired) electrons. The van der Waals surface area contributed by atoms with Gasteiger partial charge in [0.05, 0.1) is 24.0 Å². The van der Waals surface area contributed by atoms with Gasteiger partial charge in [0.1, 0.15) is 5.75 Å². The number of benzene rings is 1. The third-order valence-corrected chi connectivity index (χ3v) is 6.24. The molecule has 0 atom stereocenters. The summed E-state index contributed by atoms with van der Waals surface area (Å²) in [6.07, 6.45) is 10.1. The van der Waals surface area contributed by atoms with E-state index in [0.29, 0.717) is 16.7 Å². The van der Waals surface area contributed by atoms with Crippen LogP contribution in [0.1, 0.15) is 37.0 Å². The number of rotatable bonds is 14. The highest BCUT2D eigenvalue weighted by Gasteiger charge is 2.11. The molecule has 0 fully saturated rings. The molecule has 0 bridgehead atoms. The summed E-state index contributed by atoms with van der Waals surface area (Å²) in [5, 5.41) is 11.5. The van der Waals surface area contributed by atoms with Gasteiger partial charge in [-0.2, -0.15) is 5.10 Å². The Labute approximate surface area is 207 Å². The van der Waals surface area contributed by atoms with Crippen molar-refractivity contribution in [1.82, 2.24) is 30.0 Å². The minimum Gasteiger partial charge on any atom is -0.495 e. The highest BCUT2D eigenvalue weighted by molar-refractivity contribution is 6.32. The number of nitrogens with zero attached hydrogens (tertiary/aromatic N) is 5. The van der Waals surface area contributed by atoms with Crippen molar-refractivity contribution >= 4 is 23.2 Å². The summed E-state index contributed by atoms with van der Waals surface area (Å²) in [5.41, 5.74) is 4.13. The fourth-order valence-electron chi connectivity index (χ4n) is 3.86. The van der Waals surface area contributed by atoms with Crippen molar-refractivity contribution < 1.29 is 4.74 Å². The van der Waals surface area contributed by atoms with Crippen LogP contribution in [0.3, 0.4) is 0 Å². The average molecular weight is 486 g/mol. The van der Waals surface area contributed by atoms with Crippen LogP contribution >= 0.6 is 11.6 Å². The van der Waals surface area contributed by atoms with Gasteiger partial charge in [0, 0.05) is 31.7 Å². The molecule has 2 heterocycles. The Morgan fingerprint density at radius 3 is 2.50 bits per heavy atom. The summed E-state index contributed by atoms with van der Waals surface area (Å²) in [4.78, 5) is 11.4. The number of aryl methyl sites for hydroxylation is 3. The molecule has 0 aliphatic heterocycles. The first-order chi connectivity index (χ1) is 16.6. The van der Waals surface area contributed by atoms with Gasteiger partial charge >= 0.3 is 0 Å². The van der Waals surface area contributed by atoms with E-state index in [1.165, 1.54) is 0 Å². The third kappa shape index (κ3) is 7.41. The van der Waals surface area contributed by atoms with Crippen LogP contribution in [0.5, 0.6) is 5.75 Å². The van der Waals surface area contributed by atoms with Gasteiger partial charge in [-0.25, -0.2) is 9.97 Å². The van der Waals surface area contributed by atoms with E-state index in [2.05, 4.69) is 50.5 Å². The first-order valence-corrected chi connectivity index (χ1v) is 12.3. The van der Waals surface area contributed by atoms with Gasteiger partial charge in [-0.1, -0.05) is 31.5 Å². The molecular weight excluding hydrogens is 450 g/mol. The van der Waals surface area contributed by atoms with Gasteiger partial charge in [-0.3, -0.25) is 4.68 Å². The molecule has 3 rings (SSSR count). The Morgan fingerprint density at radius 1 is 1.06 bits per heavy atom. The number of nitrogens with one attached hydrogen (secondary N) is 2. The molecule has 2 aromatic heterocycles. The lowest BCUT2D eigenvalue weighted by atomic mass is 10.0. The predicted molar refractivity (Wildman–Crippen MR) is 138 cm³/mol. The molecular formula is C25H36ClN7O. The molecule has 0 saturated heterocycles. The topological polar surface area (TPSA) is 80.1 Å². The maximum absolute atomic E-state index is 6.53. The van der Waals surface area contributed by atoms with Crippen LogP contribution in [0.4, 0.5) is 11.6 Å². The molecule has 34 heavy (non-hydrogen) atoms. The zero-order valence-electron chi connectivity index (χ0n) is 20.6. The number of methoxy groups -OCH3 is 1. The molecule has 0 aliphatic carbocycles. The van der Waals surface area contributed by atoms with Gasteiger partial charge in [0.25, 0.3) is 0 Å². The van der Waals surface area contributed by atoms with Crippen molar-refractivity contribution in [2.75, 3.05) is 39.1 Å². The zero-order chi connectivity index (χ0) is 24.3. The molecule has 8 nitrogen and oxygen atoms in total. The lowest BCUT2D eigenvalue weighted by Gasteiger charge is -2.17. The maximum Gasteiger partial charge on any atom is 0.227 e. The molecule has 0 spiro atoms. The van der Waals surface area contributed by atoms with Gasteiger partial charge in [0.15, 0.2) is 0 Å². The van der Waals surface area contributed by atoms with Crippen LogP contribution in [0.25, 0.3) is 0 Å². The quantitative estimate of drug-likeness (QED) is 0.352. The Balaban J connectivity index is 1.53. The predicted octanol–water partition coefficient (Wildman–Crippen LogP) is 4.32. The van der Waals surface area contributed by atoms with Crippen LogP contribution in [-0.4, -0.2) is 58.4 Å². The van der Waals surface area contributed by atoms with Crippen molar-refractivity contribution in [3.63, 3.8) is 0 Å². The fourth-order valence-corrected chi connectivity index (χ4v) is 4.14. The summed E-state index contributed by atoms with van der Waals surface area (Å²) in [6.45, 7) is 9.29. The lowest BCUT2D eigenvalue weighted by molar-refractivity contribution is 0.291. The summed E-state index contributed by atoms with van der Waals surface area (Å²) < 4.78 is 7.40. The molecule has 0 unspecified atom stereocenters. The number of hydrogen-bond donors (Lipinski definition) is 2. The molecule has 0 saturated carbocycles. The second-order valence-electron chi connectivity index (χ2n) is 8.21. The van der Waals surface area contributed by atoms with E-state index in [0.717, 1.165) is 74.4 Å². The van der Waals surface area contributed by atoms with E-state index >= 15 is 0 Å². The largest absolute Gasteiger partial charge is 0.495 e. The summed E-state index contributed by atoms with van der Waals surface area (Å²) in [5.74, 6) is 1.26. The fraction of sp³-hybridized carbons (Fsp3) is 0.480. The van der Waals surface area contributed by atoms with Gasteiger partial charge in [-0.15, -0.1) is 0 Å². The highest BCUT2D eigenvalue weighted by Crippen LogP contribution is 2.31. The summed E-state index contributed by atoms with van der Waals surface area (Å²) in [6, 6.07) is 4.09. The Bertz CT molecular complexity index is 1020. The SMILES string of the molecule is CCN(CC)CCCn1cc(Nc2ncc(CCc3cc(CNC)cc(OC)c3Cl)cn2)cn1. The molecule has 3 aromatic rings. The van der Waals surface area contributed by atoms with Crippen LogP contribution in [0, 0.1) is 0 Å². The van der Waals surface area contributed by atoms with Crippen molar-refractivity contribution in [2.24, 2.45) is 0 Å². The normalized spacial score (nSPS) is 11.2. The van der Waals surface area contributed by atoms with Crippen molar-refractivity contribution in [1.29, 1.82) is 0 Å². The van der Waals surface area contributed by atoms with E-state index in [1.807, 2.05) is 42.6 Å². The second-order valence-corrected chi connectivity index (χ2v) is 8.59. The average Bonchev–Trinajstić information content (AvgIpc) is 3.30. The van der Waals surface area contributed by atoms with Gasteiger partial charge in [0.2, 0.25) is 5.95 Å². The number of halogens is 1. The number of hydrogen-bond acceptors (Lipinski definition) is 7. The van der Waals surface area contributed by atoms with Crippen LogP contribution in [-0.2, 0) is 25.9 Å². The Hall–Kier alpha value is -2.68. The summed E-state index contributed by atoms with van der Waals surface area (Å²) in [7, 11) is 3.57. The smallest absolute Gasteiger partial charge is 0.227 e. The second kappa shape index (κ2) is 13.3. The van der Waals surface area contributed by atoms with Crippen molar-refractivity contribution in [2.45, 2.75) is 46.2 Å². The van der Waals surface area contributed by atoms with E-state index in [1.54, 1.807) is 7.11 Å². The molecule has 0 amide bonds. The first-order valence-electron chi connectivity index (χ1n) is 11.9. The van der Waals surface area contributed by atoms with E-state index in [4.69, 9.17) is 16.3 Å². The first kappa shape index (κ1) is 25.9. The van der Waals surface area contributed by atoms with Gasteiger partial charge in [-0.05, 0) is 68.7 Å². The van der Waals surface area contributed by atoms with E-state index in [-0.39, 0.29) is 0 Å². The van der Waals surface area contributed by atoms with Crippen LogP contribution in [0.2, 0.25) is 5.02 Å². The minimum atomic E-state index is 0.558. The molecule has 184 valence electrons. The number of aromatic nitrogens is 4. The highest BCUT2D eigenvalue weighted by atomic mass is 35.5. The molecule has 0 aliphatic rings. The van der Waals surface area contributed by atoms with Gasteiger partial charge < -0.3 is 20.3 Å². The third-order valence-electron chi connectivity index (χ3n) is 5.81. The number of anilines is 2. The molecule has 1 aromatic carbocycles. The standard InChI is InChI=1S/C25H36ClN7O/c1-5-32(6-2)10-7-11-33-18-22(17-30-33)31-25-28-15-19(16-29-25)8-9-21-12-20(14-27-3)13-23(34-4)24(21)26/h12-13,15-18,27H,5-11,14H2,1-4H3,(H,28,29,31). The van der Waals surface area contributed by atoms with E-state index in [9.17, 15) is 0 Å². The molecule has 9 heteroatoms. The maximum atomic E-state index is 6.53. The monoisotopic (exact) mass is 485 g/mol. The van der Waals surface area contributed by atoms with Crippen LogP contribution < -0.4 is 15.4 Å². The minimum absolute atomic E-state index is 0.558. The number of ether oxygens (including phenoxy) is 1.